The second-order valence-electron chi connectivity index (χ2n) is 10.9. The number of aromatic nitrogens is 1. The van der Waals surface area contributed by atoms with Gasteiger partial charge in [0.05, 0.1) is 12.1 Å². The Labute approximate surface area is 266 Å². The fraction of sp³-hybridized carbons (Fsp3) is 0.294. The molecule has 1 aromatic heterocycles. The monoisotopic (exact) mass is 625 g/mol. The lowest BCUT2D eigenvalue weighted by Crippen LogP contribution is -2.49. The summed E-state index contributed by atoms with van der Waals surface area (Å²) in [6, 6.07) is 19.5. The first-order valence-electron chi connectivity index (χ1n) is 14.9. The molecular formula is C34H35N5O7. The molecule has 1 unspecified atom stereocenters. The maximum atomic E-state index is 14.7. The van der Waals surface area contributed by atoms with E-state index in [1.54, 1.807) is 31.2 Å². The summed E-state index contributed by atoms with van der Waals surface area (Å²) >= 11 is 0. The summed E-state index contributed by atoms with van der Waals surface area (Å²) in [5, 5.41) is 21.5. The summed E-state index contributed by atoms with van der Waals surface area (Å²) < 4.78 is 17.3. The molecule has 4 aromatic rings. The van der Waals surface area contributed by atoms with E-state index in [1.165, 1.54) is 11.9 Å². The number of ether oxygens (including phenoxy) is 3. The number of hydrogen-bond donors (Lipinski definition) is 3. The molecule has 5 rings (SSSR count). The molecule has 3 aromatic carbocycles. The number of carboxylic acid groups (broad SMARTS) is 1. The highest BCUT2D eigenvalue weighted by atomic mass is 16.7. The Hall–Kier alpha value is -5.70. The van der Waals surface area contributed by atoms with Crippen LogP contribution in [0.2, 0.25) is 0 Å². The summed E-state index contributed by atoms with van der Waals surface area (Å²) in [6.45, 7) is 2.35. The fourth-order valence-corrected chi connectivity index (χ4v) is 5.52. The van der Waals surface area contributed by atoms with Crippen molar-refractivity contribution in [2.45, 2.75) is 45.4 Å². The van der Waals surface area contributed by atoms with Gasteiger partial charge in [-0.05, 0) is 56.0 Å². The average Bonchev–Trinajstić information content (AvgIpc) is 3.68. The lowest BCUT2D eigenvalue weighted by molar-refractivity contribution is -0.132. The molecule has 1 aliphatic rings. The van der Waals surface area contributed by atoms with Gasteiger partial charge in [-0.3, -0.25) is 14.5 Å². The Balaban J connectivity index is 1.52. The van der Waals surface area contributed by atoms with Gasteiger partial charge in [0.1, 0.15) is 18.4 Å². The average molecular weight is 626 g/mol. The van der Waals surface area contributed by atoms with E-state index in [0.29, 0.717) is 58.9 Å². The van der Waals surface area contributed by atoms with Gasteiger partial charge in [-0.15, -0.1) is 0 Å². The van der Waals surface area contributed by atoms with Gasteiger partial charge in [-0.2, -0.15) is 5.26 Å². The highest BCUT2D eigenvalue weighted by Crippen LogP contribution is 2.37. The van der Waals surface area contributed by atoms with Crippen molar-refractivity contribution in [3.05, 3.63) is 89.1 Å². The minimum Gasteiger partial charge on any atom is -0.489 e. The fourth-order valence-electron chi connectivity index (χ4n) is 5.52. The molecule has 1 atom stereocenters. The summed E-state index contributed by atoms with van der Waals surface area (Å²) in [5.74, 6) is 0.610. The zero-order valence-electron chi connectivity index (χ0n) is 25.6. The van der Waals surface area contributed by atoms with Crippen molar-refractivity contribution in [1.29, 1.82) is 5.26 Å². The second kappa shape index (κ2) is 14.4. The third kappa shape index (κ3) is 7.15. The van der Waals surface area contributed by atoms with Gasteiger partial charge in [0.2, 0.25) is 6.79 Å². The van der Waals surface area contributed by atoms with Crippen molar-refractivity contribution in [1.82, 2.24) is 20.1 Å². The molecule has 12 nitrogen and oxygen atoms in total. The molecular weight excluding hydrogens is 590 g/mol. The van der Waals surface area contributed by atoms with E-state index in [1.807, 2.05) is 48.7 Å². The first kappa shape index (κ1) is 31.7. The zero-order valence-corrected chi connectivity index (χ0v) is 25.6. The number of para-hydroxylation sites is 1. The van der Waals surface area contributed by atoms with Crippen LogP contribution in [-0.4, -0.2) is 64.2 Å². The summed E-state index contributed by atoms with van der Waals surface area (Å²) in [7, 11) is 1.36. The first-order chi connectivity index (χ1) is 22.3. The largest absolute Gasteiger partial charge is 0.489 e. The van der Waals surface area contributed by atoms with Crippen molar-refractivity contribution < 1.29 is 33.7 Å². The number of nitriles is 1. The highest BCUT2D eigenvalue weighted by Gasteiger charge is 2.35. The predicted octanol–water partition coefficient (Wildman–Crippen LogP) is 5.17. The number of benzene rings is 3. The van der Waals surface area contributed by atoms with E-state index >= 15 is 0 Å². The molecule has 46 heavy (non-hydrogen) atoms. The van der Waals surface area contributed by atoms with Crippen molar-refractivity contribution in [2.24, 2.45) is 0 Å². The zero-order chi connectivity index (χ0) is 32.6. The minimum atomic E-state index is -1.14. The van der Waals surface area contributed by atoms with Gasteiger partial charge in [0, 0.05) is 35.8 Å². The molecule has 0 aliphatic carbocycles. The number of H-pyrrole nitrogens is 1. The van der Waals surface area contributed by atoms with Gasteiger partial charge >= 0.3 is 6.09 Å². The molecule has 0 spiro atoms. The van der Waals surface area contributed by atoms with Crippen molar-refractivity contribution in [3.63, 3.8) is 0 Å². The normalized spacial score (nSPS) is 12.3. The Morgan fingerprint density at radius 2 is 1.89 bits per heavy atom. The van der Waals surface area contributed by atoms with E-state index in [2.05, 4.69) is 10.3 Å². The molecule has 1 aliphatic heterocycles. The smallest absolute Gasteiger partial charge is 0.404 e. The quantitative estimate of drug-likeness (QED) is 0.104. The molecule has 12 heteroatoms. The lowest BCUT2D eigenvalue weighted by Gasteiger charge is -2.32. The molecule has 0 radical (unpaired) electrons. The molecule has 2 heterocycles. The number of fused-ring (bicyclic) bond motifs is 2. The van der Waals surface area contributed by atoms with Crippen LogP contribution in [0.1, 0.15) is 46.4 Å². The Morgan fingerprint density at radius 1 is 1.09 bits per heavy atom. The van der Waals surface area contributed by atoms with Crippen LogP contribution in [0.5, 0.6) is 17.2 Å². The molecule has 0 saturated heterocycles. The lowest BCUT2D eigenvalue weighted by atomic mass is 10.0. The number of hydrogen-bond acceptors (Lipinski definition) is 7. The number of aryl methyl sites for hydroxylation is 1. The number of carbonyl (C=O) groups is 3. The Kier molecular flexibility index (Phi) is 9.92. The Bertz CT molecular complexity index is 1770. The van der Waals surface area contributed by atoms with E-state index in [9.17, 15) is 19.6 Å². The third-order valence-electron chi connectivity index (χ3n) is 7.82. The van der Waals surface area contributed by atoms with Crippen LogP contribution in [0, 0.1) is 18.4 Å². The van der Waals surface area contributed by atoms with Gasteiger partial charge in [-0.25, -0.2) is 4.79 Å². The summed E-state index contributed by atoms with van der Waals surface area (Å²) in [5.41, 5.74) is 3.33. The predicted molar refractivity (Wildman–Crippen MR) is 168 cm³/mol. The van der Waals surface area contributed by atoms with Crippen molar-refractivity contribution in [3.8, 4) is 23.4 Å². The van der Waals surface area contributed by atoms with E-state index in [4.69, 9.17) is 19.3 Å². The third-order valence-corrected chi connectivity index (χ3v) is 7.82. The number of amides is 3. The summed E-state index contributed by atoms with van der Waals surface area (Å²) in [6.07, 6.45) is 1.75. The first-order valence-corrected chi connectivity index (χ1v) is 14.9. The van der Waals surface area contributed by atoms with E-state index in [-0.39, 0.29) is 26.3 Å². The standard InChI is InChI=1S/C34H35N5O7/c1-22-30(26-17-25(14-15-27(26)37-22)44-19-23-9-4-3-5-10-23)33(41)39(18-24-11-8-13-29-31(24)46-21-45-29)28(32(40)38(2)20-35)12-6-7-16-36-34(42)43/h3-5,8-11,13-15,17,28,36-37H,6-7,12,16,18-19,21H2,1-2H3,(H,42,43). The molecule has 0 fully saturated rings. The van der Waals surface area contributed by atoms with E-state index in [0.717, 1.165) is 16.0 Å². The minimum absolute atomic E-state index is 0.00920. The SMILES string of the molecule is Cc1[nH]c2ccc(OCc3ccccc3)cc2c1C(=O)N(Cc1cccc2c1OCO2)C(CCCCNC(=O)O)C(=O)N(C)C#N. The van der Waals surface area contributed by atoms with Crippen LogP contribution in [0.25, 0.3) is 10.9 Å². The number of nitrogens with one attached hydrogen (secondary N) is 2. The van der Waals surface area contributed by atoms with Gasteiger partial charge in [0.15, 0.2) is 17.7 Å². The van der Waals surface area contributed by atoms with Gasteiger partial charge in [0.25, 0.3) is 11.8 Å². The van der Waals surface area contributed by atoms with Crippen LogP contribution in [0.4, 0.5) is 4.79 Å². The van der Waals surface area contributed by atoms with Crippen molar-refractivity contribution in [2.75, 3.05) is 20.4 Å². The number of likely N-dealkylation sites (N-methyl/N-ethyl adjacent to an activating group) is 1. The maximum Gasteiger partial charge on any atom is 0.404 e. The molecule has 0 saturated carbocycles. The van der Waals surface area contributed by atoms with Crippen LogP contribution in [0.3, 0.4) is 0 Å². The molecule has 3 N–H and O–H groups in total. The summed E-state index contributed by atoms with van der Waals surface area (Å²) in [4.78, 5) is 45.0. The van der Waals surface area contributed by atoms with Crippen LogP contribution in [0.15, 0.2) is 66.7 Å². The molecule has 0 bridgehead atoms. The van der Waals surface area contributed by atoms with Crippen LogP contribution in [-0.2, 0) is 17.9 Å². The maximum absolute atomic E-state index is 14.7. The van der Waals surface area contributed by atoms with E-state index < -0.39 is 23.9 Å². The van der Waals surface area contributed by atoms with Gasteiger partial charge < -0.3 is 34.5 Å². The number of nitrogens with zero attached hydrogens (tertiary/aromatic N) is 3. The van der Waals surface area contributed by atoms with Gasteiger partial charge in [-0.1, -0.05) is 42.5 Å². The van der Waals surface area contributed by atoms with Crippen LogP contribution >= 0.6 is 0 Å². The molecule has 3 amide bonds. The Morgan fingerprint density at radius 3 is 2.65 bits per heavy atom. The molecule has 238 valence electrons. The van der Waals surface area contributed by atoms with Crippen LogP contribution < -0.4 is 19.5 Å². The number of aromatic amines is 1. The topological polar surface area (TPSA) is 157 Å². The number of rotatable bonds is 13. The number of carbonyl (C=O) groups excluding carboxylic acids is 2. The second-order valence-corrected chi connectivity index (χ2v) is 10.9. The van der Waals surface area contributed by atoms with Crippen molar-refractivity contribution >= 4 is 28.8 Å². The highest BCUT2D eigenvalue weighted by molar-refractivity contribution is 6.09. The number of unbranched alkanes of at least 4 members (excludes halogenated alkanes) is 1.